The number of carbonyl (C=O) groups excluding carboxylic acids is 1. The Morgan fingerprint density at radius 3 is 2.04 bits per heavy atom. The first-order chi connectivity index (χ1) is 11.3. The van der Waals surface area contributed by atoms with Crippen molar-refractivity contribution in [3.63, 3.8) is 0 Å². The minimum absolute atomic E-state index is 0.130. The van der Waals surface area contributed by atoms with Crippen molar-refractivity contribution in [3.05, 3.63) is 35.9 Å². The number of hydrogen-bond donors (Lipinski definition) is 0. The van der Waals surface area contributed by atoms with E-state index in [4.69, 9.17) is 4.74 Å². The standard InChI is InChI=1S/C21H30O2/c1-2-16-8-10-17(11-9-16)18-12-14-20(15-13-18)23-21(22)19-6-4-3-5-7-19/h3-7,16-18,20H,2,8-15H2,1H3. The van der Waals surface area contributed by atoms with Crippen LogP contribution in [0.4, 0.5) is 0 Å². The van der Waals surface area contributed by atoms with Crippen LogP contribution in [-0.2, 0) is 4.74 Å². The zero-order valence-corrected chi connectivity index (χ0v) is 14.4. The van der Waals surface area contributed by atoms with Gasteiger partial charge in [0.1, 0.15) is 6.10 Å². The van der Waals surface area contributed by atoms with E-state index in [-0.39, 0.29) is 12.1 Å². The number of rotatable bonds is 4. The second kappa shape index (κ2) is 7.99. The van der Waals surface area contributed by atoms with Gasteiger partial charge in [-0.15, -0.1) is 0 Å². The highest BCUT2D eigenvalue weighted by Gasteiger charge is 2.31. The fraction of sp³-hybridized carbons (Fsp3) is 0.667. The van der Waals surface area contributed by atoms with Gasteiger partial charge in [-0.1, -0.05) is 44.4 Å². The van der Waals surface area contributed by atoms with Gasteiger partial charge in [0.15, 0.2) is 0 Å². The third-order valence-electron chi connectivity index (χ3n) is 6.14. The molecule has 0 bridgehead atoms. The molecule has 126 valence electrons. The molecule has 3 rings (SSSR count). The molecule has 2 aliphatic rings. The van der Waals surface area contributed by atoms with Crippen LogP contribution < -0.4 is 0 Å². The zero-order valence-electron chi connectivity index (χ0n) is 14.4. The average Bonchev–Trinajstić information content (AvgIpc) is 2.63. The van der Waals surface area contributed by atoms with Crippen molar-refractivity contribution in [3.8, 4) is 0 Å². The van der Waals surface area contributed by atoms with Crippen molar-refractivity contribution < 1.29 is 9.53 Å². The Balaban J connectivity index is 1.43. The van der Waals surface area contributed by atoms with Gasteiger partial charge >= 0.3 is 5.97 Å². The second-order valence-electron chi connectivity index (χ2n) is 7.50. The molecular formula is C21H30O2. The maximum atomic E-state index is 12.1. The summed E-state index contributed by atoms with van der Waals surface area (Å²) in [5.74, 6) is 2.63. The van der Waals surface area contributed by atoms with Gasteiger partial charge in [0.2, 0.25) is 0 Å². The molecule has 0 radical (unpaired) electrons. The van der Waals surface area contributed by atoms with E-state index in [9.17, 15) is 4.79 Å². The molecule has 0 spiro atoms. The summed E-state index contributed by atoms with van der Waals surface area (Å²) in [5.41, 5.74) is 0.674. The minimum Gasteiger partial charge on any atom is -0.459 e. The highest BCUT2D eigenvalue weighted by Crippen LogP contribution is 2.41. The molecule has 0 atom stereocenters. The third kappa shape index (κ3) is 4.37. The van der Waals surface area contributed by atoms with Crippen molar-refractivity contribution in [1.82, 2.24) is 0 Å². The first-order valence-corrected chi connectivity index (χ1v) is 9.52. The zero-order chi connectivity index (χ0) is 16.1. The molecular weight excluding hydrogens is 284 g/mol. The van der Waals surface area contributed by atoms with Gasteiger partial charge in [0, 0.05) is 0 Å². The quantitative estimate of drug-likeness (QED) is 0.674. The summed E-state index contributed by atoms with van der Waals surface area (Å²) in [4.78, 5) is 12.1. The van der Waals surface area contributed by atoms with E-state index in [2.05, 4.69) is 6.92 Å². The van der Waals surface area contributed by atoms with Crippen LogP contribution in [0.15, 0.2) is 30.3 Å². The van der Waals surface area contributed by atoms with Crippen molar-refractivity contribution in [1.29, 1.82) is 0 Å². The molecule has 0 amide bonds. The fourth-order valence-electron chi connectivity index (χ4n) is 4.54. The Bertz CT molecular complexity index is 480. The molecule has 0 unspecified atom stereocenters. The summed E-state index contributed by atoms with van der Waals surface area (Å²) >= 11 is 0. The van der Waals surface area contributed by atoms with E-state index in [1.165, 1.54) is 44.9 Å². The van der Waals surface area contributed by atoms with Crippen molar-refractivity contribution in [2.45, 2.75) is 70.8 Å². The van der Waals surface area contributed by atoms with E-state index in [1.807, 2.05) is 30.3 Å². The maximum absolute atomic E-state index is 12.1. The second-order valence-corrected chi connectivity index (χ2v) is 7.50. The van der Waals surface area contributed by atoms with Crippen LogP contribution in [-0.4, -0.2) is 12.1 Å². The summed E-state index contributed by atoms with van der Waals surface area (Å²) in [6.07, 6.45) is 11.8. The molecule has 2 heteroatoms. The van der Waals surface area contributed by atoms with Gasteiger partial charge in [0.05, 0.1) is 5.56 Å². The Morgan fingerprint density at radius 1 is 0.913 bits per heavy atom. The molecule has 2 aliphatic carbocycles. The van der Waals surface area contributed by atoms with Crippen LogP contribution in [0.25, 0.3) is 0 Å². The fourth-order valence-corrected chi connectivity index (χ4v) is 4.54. The monoisotopic (exact) mass is 314 g/mol. The lowest BCUT2D eigenvalue weighted by Gasteiger charge is -2.37. The smallest absolute Gasteiger partial charge is 0.338 e. The molecule has 0 saturated heterocycles. The molecule has 0 aromatic heterocycles. The Kier molecular flexibility index (Phi) is 5.75. The molecule has 0 aliphatic heterocycles. The first-order valence-electron chi connectivity index (χ1n) is 9.52. The summed E-state index contributed by atoms with van der Waals surface area (Å²) < 4.78 is 5.71. The molecule has 1 aromatic rings. The van der Waals surface area contributed by atoms with Gasteiger partial charge < -0.3 is 4.74 Å². The Labute approximate surface area is 140 Å². The molecule has 2 saturated carbocycles. The minimum atomic E-state index is -0.155. The number of ether oxygens (including phenoxy) is 1. The van der Waals surface area contributed by atoms with Crippen LogP contribution in [0, 0.1) is 17.8 Å². The number of esters is 1. The van der Waals surface area contributed by atoms with E-state index in [0.29, 0.717) is 5.56 Å². The highest BCUT2D eigenvalue weighted by molar-refractivity contribution is 5.89. The molecule has 1 aromatic carbocycles. The van der Waals surface area contributed by atoms with Crippen molar-refractivity contribution >= 4 is 5.97 Å². The topological polar surface area (TPSA) is 26.3 Å². The normalized spacial score (nSPS) is 31.5. The van der Waals surface area contributed by atoms with E-state index in [0.717, 1.165) is 30.6 Å². The van der Waals surface area contributed by atoms with Crippen LogP contribution >= 0.6 is 0 Å². The van der Waals surface area contributed by atoms with E-state index >= 15 is 0 Å². The van der Waals surface area contributed by atoms with Gasteiger partial charge in [-0.3, -0.25) is 0 Å². The number of hydrogen-bond acceptors (Lipinski definition) is 2. The number of benzene rings is 1. The van der Waals surface area contributed by atoms with Gasteiger partial charge in [0.25, 0.3) is 0 Å². The predicted octanol–water partition coefficient (Wildman–Crippen LogP) is 5.62. The summed E-state index contributed by atoms with van der Waals surface area (Å²) in [5, 5.41) is 0. The van der Waals surface area contributed by atoms with Gasteiger partial charge in [-0.25, -0.2) is 4.79 Å². The predicted molar refractivity (Wildman–Crippen MR) is 93.3 cm³/mol. The summed E-state index contributed by atoms with van der Waals surface area (Å²) in [7, 11) is 0. The Hall–Kier alpha value is -1.31. The largest absolute Gasteiger partial charge is 0.459 e. The molecule has 23 heavy (non-hydrogen) atoms. The molecule has 0 heterocycles. The van der Waals surface area contributed by atoms with Gasteiger partial charge in [-0.2, -0.15) is 0 Å². The third-order valence-corrected chi connectivity index (χ3v) is 6.14. The van der Waals surface area contributed by atoms with Crippen LogP contribution in [0.1, 0.15) is 75.1 Å². The van der Waals surface area contributed by atoms with Crippen LogP contribution in [0.2, 0.25) is 0 Å². The van der Waals surface area contributed by atoms with Crippen molar-refractivity contribution in [2.24, 2.45) is 17.8 Å². The highest BCUT2D eigenvalue weighted by atomic mass is 16.5. The SMILES string of the molecule is CCC1CCC(C2CCC(OC(=O)c3ccccc3)CC2)CC1. The lowest BCUT2D eigenvalue weighted by molar-refractivity contribution is 0.0110. The lowest BCUT2D eigenvalue weighted by Crippen LogP contribution is -2.29. The lowest BCUT2D eigenvalue weighted by atomic mass is 9.70. The Morgan fingerprint density at radius 2 is 1.48 bits per heavy atom. The van der Waals surface area contributed by atoms with Crippen LogP contribution in [0.5, 0.6) is 0 Å². The summed E-state index contributed by atoms with van der Waals surface area (Å²) in [6, 6.07) is 9.37. The maximum Gasteiger partial charge on any atom is 0.338 e. The van der Waals surface area contributed by atoms with Crippen molar-refractivity contribution in [2.75, 3.05) is 0 Å². The van der Waals surface area contributed by atoms with E-state index in [1.54, 1.807) is 0 Å². The van der Waals surface area contributed by atoms with Crippen LogP contribution in [0.3, 0.4) is 0 Å². The van der Waals surface area contributed by atoms with E-state index < -0.39 is 0 Å². The number of carbonyl (C=O) groups is 1. The first kappa shape index (κ1) is 16.5. The van der Waals surface area contributed by atoms with Gasteiger partial charge in [-0.05, 0) is 68.4 Å². The molecule has 0 N–H and O–H groups in total. The summed E-state index contributed by atoms with van der Waals surface area (Å²) in [6.45, 7) is 2.33. The molecule has 2 nitrogen and oxygen atoms in total. The molecule has 2 fully saturated rings. The average molecular weight is 314 g/mol.